The molecule has 118 valence electrons. The maximum absolute atomic E-state index is 11.8. The molecule has 6 nitrogen and oxygen atoms in total. The van der Waals surface area contributed by atoms with Crippen molar-refractivity contribution in [2.45, 2.75) is 58.0 Å². The standard InChI is InChI=1S/C15H26N4O2/c1-14(2,3)21-13(20)17-9-15(4,8-16)12-10-6-5-7-11(10)18-19-12/h5-9,16H2,1-4H3,(H,17,20)(H,18,19). The zero-order valence-corrected chi connectivity index (χ0v) is 13.4. The summed E-state index contributed by atoms with van der Waals surface area (Å²) in [6, 6.07) is 0. The van der Waals surface area contributed by atoms with Crippen LogP contribution in [0.4, 0.5) is 4.79 Å². The summed E-state index contributed by atoms with van der Waals surface area (Å²) in [7, 11) is 0. The molecule has 4 N–H and O–H groups in total. The van der Waals surface area contributed by atoms with Gasteiger partial charge in [-0.05, 0) is 45.6 Å². The number of nitrogens with zero attached hydrogens (tertiary/aromatic N) is 1. The van der Waals surface area contributed by atoms with E-state index >= 15 is 0 Å². The number of hydrogen-bond donors (Lipinski definition) is 3. The molecule has 1 atom stereocenters. The maximum Gasteiger partial charge on any atom is 0.407 e. The largest absolute Gasteiger partial charge is 0.444 e. The summed E-state index contributed by atoms with van der Waals surface area (Å²) >= 11 is 0. The number of fused-ring (bicyclic) bond motifs is 1. The molecule has 0 aromatic carbocycles. The van der Waals surface area contributed by atoms with Crippen LogP contribution in [-0.2, 0) is 23.0 Å². The molecule has 1 aliphatic carbocycles. The van der Waals surface area contributed by atoms with Gasteiger partial charge >= 0.3 is 6.09 Å². The van der Waals surface area contributed by atoms with Crippen molar-refractivity contribution in [1.82, 2.24) is 15.5 Å². The highest BCUT2D eigenvalue weighted by molar-refractivity contribution is 5.67. The van der Waals surface area contributed by atoms with E-state index in [1.807, 2.05) is 27.7 Å². The summed E-state index contributed by atoms with van der Waals surface area (Å²) in [5.74, 6) is 0. The molecule has 1 amide bonds. The highest BCUT2D eigenvalue weighted by Gasteiger charge is 2.34. The van der Waals surface area contributed by atoms with Crippen molar-refractivity contribution < 1.29 is 9.53 Å². The minimum absolute atomic E-state index is 0.384. The molecule has 1 aliphatic rings. The second-order valence-corrected chi connectivity index (χ2v) is 7.00. The number of aryl methyl sites for hydroxylation is 1. The summed E-state index contributed by atoms with van der Waals surface area (Å²) < 4.78 is 5.27. The van der Waals surface area contributed by atoms with Crippen LogP contribution in [0, 0.1) is 0 Å². The molecule has 1 aromatic rings. The van der Waals surface area contributed by atoms with E-state index in [9.17, 15) is 4.79 Å². The van der Waals surface area contributed by atoms with Crippen molar-refractivity contribution in [3.63, 3.8) is 0 Å². The topological polar surface area (TPSA) is 93.0 Å². The lowest BCUT2D eigenvalue weighted by Crippen LogP contribution is -2.45. The van der Waals surface area contributed by atoms with Gasteiger partial charge in [0.05, 0.1) is 5.69 Å². The molecule has 21 heavy (non-hydrogen) atoms. The summed E-state index contributed by atoms with van der Waals surface area (Å²) in [5.41, 5.74) is 8.54. The van der Waals surface area contributed by atoms with Crippen LogP contribution >= 0.6 is 0 Å². The Kier molecular flexibility index (Phi) is 4.27. The van der Waals surface area contributed by atoms with Crippen molar-refractivity contribution in [2.24, 2.45) is 5.73 Å². The van der Waals surface area contributed by atoms with Crippen molar-refractivity contribution in [3.05, 3.63) is 17.0 Å². The van der Waals surface area contributed by atoms with Crippen LogP contribution in [0.2, 0.25) is 0 Å². The summed E-state index contributed by atoms with van der Waals surface area (Å²) in [4.78, 5) is 11.8. The predicted octanol–water partition coefficient (Wildman–Crippen LogP) is 1.64. The van der Waals surface area contributed by atoms with Gasteiger partial charge in [0.15, 0.2) is 0 Å². The molecule has 1 aromatic heterocycles. The van der Waals surface area contributed by atoms with E-state index in [1.165, 1.54) is 11.3 Å². The van der Waals surface area contributed by atoms with Gasteiger partial charge in [-0.15, -0.1) is 0 Å². The van der Waals surface area contributed by atoms with Crippen molar-refractivity contribution in [2.75, 3.05) is 13.1 Å². The molecule has 6 heteroatoms. The molecule has 0 bridgehead atoms. The van der Waals surface area contributed by atoms with Crippen molar-refractivity contribution in [1.29, 1.82) is 0 Å². The molecule has 0 saturated carbocycles. The number of nitrogens with two attached hydrogens (primary N) is 1. The minimum Gasteiger partial charge on any atom is -0.444 e. The van der Waals surface area contributed by atoms with Crippen molar-refractivity contribution in [3.8, 4) is 0 Å². The zero-order valence-electron chi connectivity index (χ0n) is 13.4. The zero-order chi connectivity index (χ0) is 15.7. The number of rotatable bonds is 4. The Labute approximate surface area is 125 Å². The van der Waals surface area contributed by atoms with Gasteiger partial charge in [0.1, 0.15) is 5.60 Å². The van der Waals surface area contributed by atoms with Gasteiger partial charge in [0.25, 0.3) is 0 Å². The van der Waals surface area contributed by atoms with Gasteiger partial charge < -0.3 is 15.8 Å². The van der Waals surface area contributed by atoms with E-state index in [0.717, 1.165) is 25.0 Å². The van der Waals surface area contributed by atoms with E-state index in [-0.39, 0.29) is 5.41 Å². The molecule has 2 rings (SSSR count). The van der Waals surface area contributed by atoms with Crippen LogP contribution in [-0.4, -0.2) is 35.0 Å². The monoisotopic (exact) mass is 294 g/mol. The lowest BCUT2D eigenvalue weighted by Gasteiger charge is -2.28. The molecule has 0 saturated heterocycles. The fourth-order valence-corrected chi connectivity index (χ4v) is 2.65. The molecule has 0 fully saturated rings. The third kappa shape index (κ3) is 3.56. The molecule has 1 heterocycles. The number of carbonyl (C=O) groups is 1. The number of aromatic amines is 1. The SMILES string of the molecule is CC(C)(C)OC(=O)NCC(C)(CN)c1n[nH]c2c1CCC2. The molecule has 0 radical (unpaired) electrons. The predicted molar refractivity (Wildman–Crippen MR) is 81.3 cm³/mol. The number of aromatic nitrogens is 2. The van der Waals surface area contributed by atoms with E-state index < -0.39 is 11.7 Å². The highest BCUT2D eigenvalue weighted by atomic mass is 16.6. The Hall–Kier alpha value is -1.56. The van der Waals surface area contributed by atoms with Gasteiger partial charge in [0, 0.05) is 24.2 Å². The maximum atomic E-state index is 11.8. The average molecular weight is 294 g/mol. The van der Waals surface area contributed by atoms with Crippen LogP contribution in [0.25, 0.3) is 0 Å². The number of H-pyrrole nitrogens is 1. The highest BCUT2D eigenvalue weighted by Crippen LogP contribution is 2.31. The van der Waals surface area contributed by atoms with Gasteiger partial charge in [-0.2, -0.15) is 5.10 Å². The fraction of sp³-hybridized carbons (Fsp3) is 0.733. The number of ether oxygens (including phenoxy) is 1. The van der Waals surface area contributed by atoms with E-state index in [4.69, 9.17) is 10.5 Å². The van der Waals surface area contributed by atoms with Crippen LogP contribution in [0.15, 0.2) is 0 Å². The summed E-state index contributed by atoms with van der Waals surface area (Å²) in [5, 5.41) is 10.4. The third-order valence-corrected chi connectivity index (χ3v) is 3.85. The van der Waals surface area contributed by atoms with Gasteiger partial charge in [-0.25, -0.2) is 4.79 Å². The number of alkyl carbamates (subject to hydrolysis) is 1. The molecular formula is C15H26N4O2. The first kappa shape index (κ1) is 15.8. The second kappa shape index (κ2) is 5.67. The first-order valence-electron chi connectivity index (χ1n) is 7.49. The van der Waals surface area contributed by atoms with Gasteiger partial charge in [-0.1, -0.05) is 6.92 Å². The average Bonchev–Trinajstić information content (AvgIpc) is 2.96. The Balaban J connectivity index is 2.06. The number of nitrogens with one attached hydrogen (secondary N) is 2. The van der Waals surface area contributed by atoms with E-state index in [1.54, 1.807) is 0 Å². The van der Waals surface area contributed by atoms with Crippen LogP contribution in [0.1, 0.15) is 51.1 Å². The van der Waals surface area contributed by atoms with Crippen LogP contribution < -0.4 is 11.1 Å². The lowest BCUT2D eigenvalue weighted by molar-refractivity contribution is 0.0516. The number of hydrogen-bond acceptors (Lipinski definition) is 4. The lowest BCUT2D eigenvalue weighted by atomic mass is 9.84. The first-order valence-corrected chi connectivity index (χ1v) is 7.49. The van der Waals surface area contributed by atoms with E-state index in [0.29, 0.717) is 13.1 Å². The molecule has 1 unspecified atom stereocenters. The Morgan fingerprint density at radius 1 is 1.38 bits per heavy atom. The third-order valence-electron chi connectivity index (χ3n) is 3.85. The van der Waals surface area contributed by atoms with E-state index in [2.05, 4.69) is 15.5 Å². The van der Waals surface area contributed by atoms with Gasteiger partial charge in [-0.3, -0.25) is 5.10 Å². The molecular weight excluding hydrogens is 268 g/mol. The van der Waals surface area contributed by atoms with Crippen LogP contribution in [0.5, 0.6) is 0 Å². The number of carbonyl (C=O) groups excluding carboxylic acids is 1. The number of amides is 1. The first-order chi connectivity index (χ1) is 9.75. The second-order valence-electron chi connectivity index (χ2n) is 7.00. The van der Waals surface area contributed by atoms with Crippen molar-refractivity contribution >= 4 is 6.09 Å². The Bertz CT molecular complexity index is 518. The fourth-order valence-electron chi connectivity index (χ4n) is 2.65. The molecule has 0 spiro atoms. The van der Waals surface area contributed by atoms with Crippen LogP contribution in [0.3, 0.4) is 0 Å². The Morgan fingerprint density at radius 3 is 2.71 bits per heavy atom. The van der Waals surface area contributed by atoms with Gasteiger partial charge in [0.2, 0.25) is 0 Å². The normalized spacial score (nSPS) is 17.2. The summed E-state index contributed by atoms with van der Waals surface area (Å²) in [6.45, 7) is 8.38. The Morgan fingerprint density at radius 2 is 2.10 bits per heavy atom. The smallest absolute Gasteiger partial charge is 0.407 e. The summed E-state index contributed by atoms with van der Waals surface area (Å²) in [6.07, 6.45) is 2.80. The molecule has 0 aliphatic heterocycles. The quantitative estimate of drug-likeness (QED) is 0.787. The minimum atomic E-state index is -0.503.